The van der Waals surface area contributed by atoms with Gasteiger partial charge in [-0.15, -0.1) is 0 Å². The molecule has 0 aliphatic heterocycles. The highest BCUT2D eigenvalue weighted by Gasteiger charge is 2.27. The predicted molar refractivity (Wildman–Crippen MR) is 71.7 cm³/mol. The van der Waals surface area contributed by atoms with E-state index in [1.54, 1.807) is 13.8 Å². The molecule has 10 heteroatoms. The van der Waals surface area contributed by atoms with Gasteiger partial charge in [0.05, 0.1) is 16.6 Å². The largest absolute Gasteiger partial charge is 0.459 e. The number of carbonyl (C=O) groups is 1. The lowest BCUT2D eigenvalue weighted by Gasteiger charge is -2.09. The van der Waals surface area contributed by atoms with Crippen molar-refractivity contribution in [3.8, 4) is 0 Å². The predicted octanol–water partition coefficient (Wildman–Crippen LogP) is 2.74. The van der Waals surface area contributed by atoms with Gasteiger partial charge < -0.3 is 4.74 Å². The number of rotatable bonds is 4. The maximum absolute atomic E-state index is 11.7. The van der Waals surface area contributed by atoms with Gasteiger partial charge >= 0.3 is 5.97 Å². The molecular formula is C10H9Cl2NO6S. The minimum absolute atomic E-state index is 0.325. The summed E-state index contributed by atoms with van der Waals surface area (Å²) >= 11 is 5.61. The number of nitrogens with zero attached hydrogens (tertiary/aromatic N) is 1. The highest BCUT2D eigenvalue weighted by molar-refractivity contribution is 8.13. The summed E-state index contributed by atoms with van der Waals surface area (Å²) in [5, 5.41) is 10.2. The van der Waals surface area contributed by atoms with Crippen molar-refractivity contribution >= 4 is 43.0 Å². The minimum atomic E-state index is -4.35. The van der Waals surface area contributed by atoms with E-state index in [0.29, 0.717) is 0 Å². The molecule has 0 aromatic heterocycles. The molecule has 1 aromatic carbocycles. The molecule has 1 aromatic rings. The van der Waals surface area contributed by atoms with Crippen LogP contribution in [0.5, 0.6) is 0 Å². The fourth-order valence-corrected chi connectivity index (χ4v) is 2.85. The normalized spacial score (nSPS) is 11.4. The molecule has 0 amide bonds. The lowest BCUT2D eigenvalue weighted by Crippen LogP contribution is -2.12. The SMILES string of the molecule is CC(C)OC(=O)c1cc([N+](=O)[O-])c(Cl)c(S(=O)(=O)Cl)c1. The van der Waals surface area contributed by atoms with Crippen LogP contribution in [0.1, 0.15) is 24.2 Å². The van der Waals surface area contributed by atoms with Crippen LogP contribution < -0.4 is 0 Å². The monoisotopic (exact) mass is 341 g/mol. The Bertz CT molecular complexity index is 671. The Hall–Kier alpha value is -1.38. The zero-order valence-corrected chi connectivity index (χ0v) is 12.6. The number of halogens is 2. The average Bonchev–Trinajstić information content (AvgIpc) is 2.25. The second-order valence-corrected chi connectivity index (χ2v) is 6.87. The minimum Gasteiger partial charge on any atom is -0.459 e. The number of carbonyl (C=O) groups excluding carboxylic acids is 1. The lowest BCUT2D eigenvalue weighted by molar-refractivity contribution is -0.384. The van der Waals surface area contributed by atoms with Crippen LogP contribution in [0.2, 0.25) is 5.02 Å². The summed E-state index contributed by atoms with van der Waals surface area (Å²) in [7, 11) is 0.790. The molecule has 0 bridgehead atoms. The van der Waals surface area contributed by atoms with Gasteiger partial charge in [-0.3, -0.25) is 10.1 Å². The van der Waals surface area contributed by atoms with Crippen molar-refractivity contribution in [1.29, 1.82) is 0 Å². The zero-order chi connectivity index (χ0) is 15.7. The van der Waals surface area contributed by atoms with Gasteiger partial charge in [-0.05, 0) is 19.9 Å². The van der Waals surface area contributed by atoms with E-state index in [0.717, 1.165) is 12.1 Å². The summed E-state index contributed by atoms with van der Waals surface area (Å²) in [6.07, 6.45) is -0.478. The molecule has 0 heterocycles. The second kappa shape index (κ2) is 5.94. The van der Waals surface area contributed by atoms with Gasteiger partial charge in [0.1, 0.15) is 9.92 Å². The number of esters is 1. The van der Waals surface area contributed by atoms with E-state index in [2.05, 4.69) is 0 Å². The fraction of sp³-hybridized carbons (Fsp3) is 0.300. The highest BCUT2D eigenvalue weighted by atomic mass is 35.7. The first kappa shape index (κ1) is 16.7. The second-order valence-electron chi connectivity index (χ2n) is 3.96. The lowest BCUT2D eigenvalue weighted by atomic mass is 10.2. The van der Waals surface area contributed by atoms with Crippen LogP contribution >= 0.6 is 22.3 Å². The quantitative estimate of drug-likeness (QED) is 0.361. The molecule has 0 saturated carbocycles. The first-order chi connectivity index (χ1) is 9.04. The van der Waals surface area contributed by atoms with Crippen LogP contribution in [-0.4, -0.2) is 25.4 Å². The Morgan fingerprint density at radius 3 is 2.35 bits per heavy atom. The summed E-state index contributed by atoms with van der Waals surface area (Å²) in [5.41, 5.74) is -1.07. The molecule has 0 aliphatic carbocycles. The van der Waals surface area contributed by atoms with Crippen molar-refractivity contribution in [2.75, 3.05) is 0 Å². The van der Waals surface area contributed by atoms with Crippen molar-refractivity contribution < 1.29 is 22.9 Å². The molecule has 0 saturated heterocycles. The van der Waals surface area contributed by atoms with E-state index < -0.39 is 41.7 Å². The van der Waals surface area contributed by atoms with Gasteiger partial charge in [0.15, 0.2) is 0 Å². The van der Waals surface area contributed by atoms with Crippen LogP contribution in [0.4, 0.5) is 5.69 Å². The molecule has 1 rings (SSSR count). The average molecular weight is 342 g/mol. The summed E-state index contributed by atoms with van der Waals surface area (Å²) in [5.74, 6) is -0.915. The third kappa shape index (κ3) is 3.81. The maximum atomic E-state index is 11.7. The fourth-order valence-electron chi connectivity index (χ4n) is 1.29. The van der Waals surface area contributed by atoms with E-state index in [1.165, 1.54) is 0 Å². The van der Waals surface area contributed by atoms with Gasteiger partial charge in [0.2, 0.25) is 0 Å². The third-order valence-corrected chi connectivity index (χ3v) is 3.91. The number of nitro groups is 1. The number of benzene rings is 1. The molecular weight excluding hydrogens is 333 g/mol. The van der Waals surface area contributed by atoms with Crippen LogP contribution in [0.15, 0.2) is 17.0 Å². The van der Waals surface area contributed by atoms with E-state index in [9.17, 15) is 23.3 Å². The number of nitro benzene ring substituents is 1. The molecule has 0 radical (unpaired) electrons. The van der Waals surface area contributed by atoms with Gasteiger partial charge in [0, 0.05) is 16.7 Å². The van der Waals surface area contributed by atoms with E-state index in [4.69, 9.17) is 27.0 Å². The molecule has 0 N–H and O–H groups in total. The Balaban J connectivity index is 3.53. The first-order valence-corrected chi connectivity index (χ1v) is 7.86. The zero-order valence-electron chi connectivity index (χ0n) is 10.3. The van der Waals surface area contributed by atoms with Crippen LogP contribution in [-0.2, 0) is 13.8 Å². The van der Waals surface area contributed by atoms with Crippen LogP contribution in [0.3, 0.4) is 0 Å². The summed E-state index contributed by atoms with van der Waals surface area (Å²) in [6, 6.07) is 1.67. The molecule has 7 nitrogen and oxygen atoms in total. The van der Waals surface area contributed by atoms with Crippen molar-refractivity contribution in [3.05, 3.63) is 32.8 Å². The molecule has 0 aliphatic rings. The molecule has 0 spiro atoms. The maximum Gasteiger partial charge on any atom is 0.338 e. The van der Waals surface area contributed by atoms with E-state index in [1.807, 2.05) is 0 Å². The standard InChI is InChI=1S/C10H9Cl2NO6S/c1-5(2)19-10(14)6-3-7(13(15)16)9(11)8(4-6)20(12,17)18/h3-5H,1-2H3. The van der Waals surface area contributed by atoms with E-state index in [-0.39, 0.29) is 5.56 Å². The molecule has 20 heavy (non-hydrogen) atoms. The van der Waals surface area contributed by atoms with Gasteiger partial charge in [-0.1, -0.05) is 11.6 Å². The smallest absolute Gasteiger partial charge is 0.338 e. The molecule has 0 unspecified atom stereocenters. The Kier molecular flexibility index (Phi) is 4.95. The Morgan fingerprint density at radius 1 is 1.40 bits per heavy atom. The molecule has 110 valence electrons. The van der Waals surface area contributed by atoms with Crippen molar-refractivity contribution in [3.63, 3.8) is 0 Å². The Labute approximate surface area is 124 Å². The third-order valence-electron chi connectivity index (χ3n) is 2.06. The summed E-state index contributed by atoms with van der Waals surface area (Å²) in [4.78, 5) is 20.9. The number of hydrogen-bond donors (Lipinski definition) is 0. The van der Waals surface area contributed by atoms with Crippen molar-refractivity contribution in [2.24, 2.45) is 0 Å². The number of hydrogen-bond acceptors (Lipinski definition) is 6. The van der Waals surface area contributed by atoms with Crippen LogP contribution in [0.25, 0.3) is 0 Å². The van der Waals surface area contributed by atoms with E-state index >= 15 is 0 Å². The van der Waals surface area contributed by atoms with Crippen molar-refractivity contribution in [2.45, 2.75) is 24.8 Å². The van der Waals surface area contributed by atoms with Gasteiger partial charge in [-0.2, -0.15) is 0 Å². The van der Waals surface area contributed by atoms with Gasteiger partial charge in [0.25, 0.3) is 14.7 Å². The molecule has 0 fully saturated rings. The van der Waals surface area contributed by atoms with Gasteiger partial charge in [-0.25, -0.2) is 13.2 Å². The van der Waals surface area contributed by atoms with Crippen LogP contribution in [0, 0.1) is 10.1 Å². The Morgan fingerprint density at radius 2 is 1.95 bits per heavy atom. The summed E-state index contributed by atoms with van der Waals surface area (Å²) < 4.78 is 27.5. The first-order valence-electron chi connectivity index (χ1n) is 5.17. The molecule has 0 atom stereocenters. The topological polar surface area (TPSA) is 104 Å². The highest BCUT2D eigenvalue weighted by Crippen LogP contribution is 2.34. The summed E-state index contributed by atoms with van der Waals surface area (Å²) in [6.45, 7) is 3.14. The van der Waals surface area contributed by atoms with Crippen molar-refractivity contribution in [1.82, 2.24) is 0 Å². The number of ether oxygens (including phenoxy) is 1.